The Hall–Kier alpha value is -4.24. The lowest BCUT2D eigenvalue weighted by Gasteiger charge is -2.11. The van der Waals surface area contributed by atoms with E-state index in [1.165, 1.54) is 48.2 Å². The molecule has 0 aliphatic rings. The second kappa shape index (κ2) is 9.94. The summed E-state index contributed by atoms with van der Waals surface area (Å²) >= 11 is 1.20. The first-order chi connectivity index (χ1) is 16.8. The maximum Gasteiger partial charge on any atom is 0.339 e. The van der Waals surface area contributed by atoms with Gasteiger partial charge in [0.1, 0.15) is 12.2 Å². The van der Waals surface area contributed by atoms with E-state index in [-0.39, 0.29) is 29.0 Å². The number of esters is 1. The Morgan fingerprint density at radius 2 is 1.77 bits per heavy atom. The molecule has 9 heteroatoms. The van der Waals surface area contributed by atoms with E-state index in [0.717, 1.165) is 5.56 Å². The predicted octanol–water partition coefficient (Wildman–Crippen LogP) is 5.32. The number of hydrogen-bond acceptors (Lipinski definition) is 8. The molecule has 4 rings (SSSR count). The number of nitro groups is 1. The third-order valence-electron chi connectivity index (χ3n) is 5.37. The van der Waals surface area contributed by atoms with Crippen molar-refractivity contribution in [2.24, 2.45) is 0 Å². The van der Waals surface area contributed by atoms with E-state index in [0.29, 0.717) is 21.4 Å². The molecule has 0 aliphatic carbocycles. The Labute approximate surface area is 203 Å². The number of carbonyl (C=O) groups excluding carboxylic acids is 2. The number of carbonyl (C=O) groups is 2. The number of rotatable bonds is 7. The third kappa shape index (κ3) is 4.99. The molecule has 1 heterocycles. The highest BCUT2D eigenvalue weighted by Gasteiger charge is 2.23. The van der Waals surface area contributed by atoms with Crippen molar-refractivity contribution in [3.8, 4) is 0 Å². The van der Waals surface area contributed by atoms with Gasteiger partial charge in [0, 0.05) is 34.2 Å². The minimum absolute atomic E-state index is 0.0113. The molecule has 0 atom stereocenters. The maximum atomic E-state index is 13.2. The molecule has 0 spiro atoms. The average molecular weight is 490 g/mol. The summed E-state index contributed by atoms with van der Waals surface area (Å²) in [5, 5.41) is 12.0. The standard InChI is InChI=1S/C26H19NO7S/c1-15-7-9-18-17(13-24(28)34-22(18)11-15)14-33-26(30)20-6-4-3-5-19(20)25(29)16-8-10-23(35-2)21(12-16)27(31)32/h3-13H,14H2,1-2H3. The van der Waals surface area contributed by atoms with Crippen LogP contribution in [0.1, 0.15) is 37.4 Å². The summed E-state index contributed by atoms with van der Waals surface area (Å²) in [6.07, 6.45) is 1.70. The molecule has 4 aromatic rings. The van der Waals surface area contributed by atoms with Crippen LogP contribution in [-0.4, -0.2) is 22.9 Å². The van der Waals surface area contributed by atoms with Gasteiger partial charge in [-0.2, -0.15) is 0 Å². The van der Waals surface area contributed by atoms with Crippen molar-refractivity contribution < 1.29 is 23.7 Å². The van der Waals surface area contributed by atoms with Gasteiger partial charge in [0.15, 0.2) is 5.78 Å². The summed E-state index contributed by atoms with van der Waals surface area (Å²) < 4.78 is 10.7. The van der Waals surface area contributed by atoms with E-state index in [9.17, 15) is 24.5 Å². The fourth-order valence-corrected chi connectivity index (χ4v) is 4.21. The van der Waals surface area contributed by atoms with Gasteiger partial charge in [-0.3, -0.25) is 14.9 Å². The van der Waals surface area contributed by atoms with E-state index in [4.69, 9.17) is 9.15 Å². The van der Waals surface area contributed by atoms with Crippen LogP contribution in [0, 0.1) is 17.0 Å². The van der Waals surface area contributed by atoms with Crippen molar-refractivity contribution in [3.05, 3.63) is 115 Å². The number of hydrogen-bond donors (Lipinski definition) is 0. The topological polar surface area (TPSA) is 117 Å². The first-order valence-corrected chi connectivity index (χ1v) is 11.7. The molecule has 0 saturated carbocycles. The van der Waals surface area contributed by atoms with Gasteiger partial charge >= 0.3 is 11.6 Å². The van der Waals surface area contributed by atoms with Crippen molar-refractivity contribution in [3.63, 3.8) is 0 Å². The molecule has 0 N–H and O–H groups in total. The average Bonchev–Trinajstić information content (AvgIpc) is 2.85. The molecule has 176 valence electrons. The summed E-state index contributed by atoms with van der Waals surface area (Å²) in [6, 6.07) is 16.9. The molecule has 0 unspecified atom stereocenters. The Balaban J connectivity index is 1.63. The van der Waals surface area contributed by atoms with Crippen LogP contribution < -0.4 is 5.63 Å². The summed E-state index contributed by atoms with van der Waals surface area (Å²) in [5.41, 5.74) is 1.15. The van der Waals surface area contributed by atoms with Crippen LogP contribution >= 0.6 is 11.8 Å². The lowest BCUT2D eigenvalue weighted by Crippen LogP contribution is -2.13. The van der Waals surface area contributed by atoms with E-state index in [2.05, 4.69) is 0 Å². The van der Waals surface area contributed by atoms with Crippen LogP contribution in [0.25, 0.3) is 11.0 Å². The molecule has 0 aliphatic heterocycles. The van der Waals surface area contributed by atoms with Gasteiger partial charge in [-0.25, -0.2) is 9.59 Å². The summed E-state index contributed by atoms with van der Waals surface area (Å²) in [5.74, 6) is -1.31. The highest BCUT2D eigenvalue weighted by molar-refractivity contribution is 7.98. The molecule has 0 saturated heterocycles. The van der Waals surface area contributed by atoms with Gasteiger partial charge in [0.25, 0.3) is 5.69 Å². The third-order valence-corrected chi connectivity index (χ3v) is 6.16. The van der Waals surface area contributed by atoms with Crippen molar-refractivity contribution in [1.82, 2.24) is 0 Å². The normalized spacial score (nSPS) is 10.8. The quantitative estimate of drug-likeness (QED) is 0.0855. The molecule has 0 bridgehead atoms. The Kier molecular flexibility index (Phi) is 6.79. The lowest BCUT2D eigenvalue weighted by atomic mass is 9.98. The van der Waals surface area contributed by atoms with Crippen LogP contribution in [0.2, 0.25) is 0 Å². The monoisotopic (exact) mass is 489 g/mol. The highest BCUT2D eigenvalue weighted by atomic mass is 32.2. The first kappa shape index (κ1) is 23.9. The molecule has 0 amide bonds. The zero-order chi connectivity index (χ0) is 25.1. The van der Waals surface area contributed by atoms with E-state index in [1.807, 2.05) is 13.0 Å². The fourth-order valence-electron chi connectivity index (χ4n) is 3.67. The Morgan fingerprint density at radius 1 is 1.03 bits per heavy atom. The van der Waals surface area contributed by atoms with Crippen molar-refractivity contribution in [2.45, 2.75) is 18.4 Å². The number of nitro benzene ring substituents is 1. The minimum Gasteiger partial charge on any atom is -0.457 e. The number of benzene rings is 3. The van der Waals surface area contributed by atoms with Crippen LogP contribution in [0.4, 0.5) is 5.69 Å². The molecular weight excluding hydrogens is 470 g/mol. The van der Waals surface area contributed by atoms with E-state index >= 15 is 0 Å². The highest BCUT2D eigenvalue weighted by Crippen LogP contribution is 2.29. The first-order valence-electron chi connectivity index (χ1n) is 10.4. The molecule has 0 radical (unpaired) electrons. The van der Waals surface area contributed by atoms with Gasteiger partial charge < -0.3 is 9.15 Å². The van der Waals surface area contributed by atoms with Crippen molar-refractivity contribution in [2.75, 3.05) is 6.26 Å². The van der Waals surface area contributed by atoms with Gasteiger partial charge in [-0.1, -0.05) is 30.3 Å². The van der Waals surface area contributed by atoms with Gasteiger partial charge in [-0.05, 0) is 43.0 Å². The van der Waals surface area contributed by atoms with Crippen LogP contribution in [0.15, 0.2) is 80.8 Å². The number of ether oxygens (including phenoxy) is 1. The zero-order valence-corrected chi connectivity index (χ0v) is 19.6. The molecule has 35 heavy (non-hydrogen) atoms. The zero-order valence-electron chi connectivity index (χ0n) is 18.8. The maximum absolute atomic E-state index is 13.2. The van der Waals surface area contributed by atoms with Crippen molar-refractivity contribution >= 4 is 40.2 Å². The lowest BCUT2D eigenvalue weighted by molar-refractivity contribution is -0.387. The minimum atomic E-state index is -0.766. The number of fused-ring (bicyclic) bond motifs is 1. The molecule has 8 nitrogen and oxygen atoms in total. The van der Waals surface area contributed by atoms with E-state index < -0.39 is 22.3 Å². The Morgan fingerprint density at radius 3 is 2.49 bits per heavy atom. The SMILES string of the molecule is CSc1ccc(C(=O)c2ccccc2C(=O)OCc2cc(=O)oc3cc(C)ccc23)cc1[N+](=O)[O-]. The molecule has 3 aromatic carbocycles. The summed E-state index contributed by atoms with van der Waals surface area (Å²) in [6.45, 7) is 1.66. The van der Waals surface area contributed by atoms with Gasteiger partial charge in [0.2, 0.25) is 0 Å². The number of nitrogens with zero attached hydrogens (tertiary/aromatic N) is 1. The van der Waals surface area contributed by atoms with Crippen molar-refractivity contribution in [1.29, 1.82) is 0 Å². The second-order valence-corrected chi connectivity index (χ2v) is 8.53. The predicted molar refractivity (Wildman–Crippen MR) is 131 cm³/mol. The van der Waals surface area contributed by atoms with E-state index in [1.54, 1.807) is 30.5 Å². The van der Waals surface area contributed by atoms with Gasteiger partial charge in [0.05, 0.1) is 15.4 Å². The van der Waals surface area contributed by atoms with Crippen LogP contribution in [0.3, 0.4) is 0 Å². The molecule has 0 fully saturated rings. The number of ketones is 1. The molecular formula is C26H19NO7S. The van der Waals surface area contributed by atoms with Crippen LogP contribution in [-0.2, 0) is 11.3 Å². The number of thioether (sulfide) groups is 1. The largest absolute Gasteiger partial charge is 0.457 e. The Bertz CT molecular complexity index is 1540. The second-order valence-electron chi connectivity index (χ2n) is 7.68. The van der Waals surface area contributed by atoms with Gasteiger partial charge in [-0.15, -0.1) is 11.8 Å². The summed E-state index contributed by atoms with van der Waals surface area (Å²) in [4.78, 5) is 49.3. The fraction of sp³-hybridized carbons (Fsp3) is 0.115. The summed E-state index contributed by atoms with van der Waals surface area (Å²) in [7, 11) is 0. The molecule has 1 aromatic heterocycles. The van der Waals surface area contributed by atoms with Crippen LogP contribution in [0.5, 0.6) is 0 Å². The smallest absolute Gasteiger partial charge is 0.339 e. The number of aryl methyl sites for hydroxylation is 1.